The van der Waals surface area contributed by atoms with Crippen LogP contribution in [0.5, 0.6) is 11.5 Å². The summed E-state index contributed by atoms with van der Waals surface area (Å²) in [6.07, 6.45) is 20.0. The number of phenolic OH excluding ortho intramolecular Hbond substituents is 1. The third kappa shape index (κ3) is 4.62. The van der Waals surface area contributed by atoms with Crippen LogP contribution in [0.15, 0.2) is 35.9 Å². The third-order valence-corrected chi connectivity index (χ3v) is 14.8. The van der Waals surface area contributed by atoms with Crippen molar-refractivity contribution >= 4 is 12.0 Å². The van der Waals surface area contributed by atoms with Gasteiger partial charge in [0.05, 0.1) is 7.11 Å². The highest BCUT2D eigenvalue weighted by atomic mass is 16.5. The highest BCUT2D eigenvalue weighted by Crippen LogP contribution is 2.89. The number of fused-ring (bicyclic) bond motifs is 2. The molecular formula is C40H58O4. The maximum atomic E-state index is 13.0. The van der Waals surface area contributed by atoms with Gasteiger partial charge in [0.1, 0.15) is 6.10 Å². The number of allylic oxidation sites excluding steroid dienone is 2. The number of carbonyl (C=O) groups is 1. The van der Waals surface area contributed by atoms with Crippen LogP contribution in [0, 0.1) is 50.7 Å². The molecule has 0 bridgehead atoms. The van der Waals surface area contributed by atoms with E-state index in [0.29, 0.717) is 33.3 Å². The Morgan fingerprint density at radius 1 is 0.977 bits per heavy atom. The molecule has 4 heteroatoms. The molecule has 0 saturated heterocycles. The molecule has 5 fully saturated rings. The molecule has 0 aliphatic heterocycles. The number of phenols is 1. The lowest BCUT2D eigenvalue weighted by Crippen LogP contribution is -2.58. The molecule has 242 valence electrons. The van der Waals surface area contributed by atoms with Gasteiger partial charge < -0.3 is 14.6 Å². The largest absolute Gasteiger partial charge is 0.504 e. The number of rotatable bonds is 8. The molecule has 4 nitrogen and oxygen atoms in total. The fourth-order valence-corrected chi connectivity index (χ4v) is 12.5. The van der Waals surface area contributed by atoms with Gasteiger partial charge in [-0.1, -0.05) is 52.3 Å². The first kappa shape index (κ1) is 31.7. The minimum absolute atomic E-state index is 0.0338. The number of aromatic hydroxyl groups is 1. The molecule has 0 unspecified atom stereocenters. The van der Waals surface area contributed by atoms with Gasteiger partial charge in [0.25, 0.3) is 0 Å². The molecule has 5 aliphatic carbocycles. The molecular weight excluding hydrogens is 544 g/mol. The summed E-state index contributed by atoms with van der Waals surface area (Å²) in [5.74, 6) is 3.31. The van der Waals surface area contributed by atoms with Crippen LogP contribution in [0.3, 0.4) is 0 Å². The van der Waals surface area contributed by atoms with E-state index in [-0.39, 0.29) is 23.2 Å². The van der Waals surface area contributed by atoms with Crippen molar-refractivity contribution in [3.8, 4) is 11.5 Å². The maximum absolute atomic E-state index is 13.0. The molecule has 1 aromatic carbocycles. The molecule has 5 aliphatic rings. The lowest BCUT2D eigenvalue weighted by Gasteiger charge is -2.63. The monoisotopic (exact) mass is 602 g/mol. The molecule has 6 rings (SSSR count). The van der Waals surface area contributed by atoms with E-state index in [4.69, 9.17) is 9.47 Å². The smallest absolute Gasteiger partial charge is 0.331 e. The van der Waals surface area contributed by atoms with E-state index >= 15 is 0 Å². The molecule has 0 heterocycles. The number of hydrogen-bond acceptors (Lipinski definition) is 4. The van der Waals surface area contributed by atoms with Crippen LogP contribution in [-0.4, -0.2) is 24.3 Å². The maximum Gasteiger partial charge on any atom is 0.331 e. The number of carbonyl (C=O) groups excluding carboxylic acids is 1. The van der Waals surface area contributed by atoms with Crippen LogP contribution in [0.25, 0.3) is 6.08 Å². The number of methoxy groups -OCH3 is 1. The van der Waals surface area contributed by atoms with Crippen molar-refractivity contribution in [3.63, 3.8) is 0 Å². The van der Waals surface area contributed by atoms with Gasteiger partial charge in [0.15, 0.2) is 11.5 Å². The van der Waals surface area contributed by atoms with Crippen LogP contribution in [0.1, 0.15) is 125 Å². The molecule has 1 aromatic rings. The van der Waals surface area contributed by atoms with E-state index in [9.17, 15) is 9.90 Å². The molecule has 0 amide bonds. The molecule has 5 saturated carbocycles. The summed E-state index contributed by atoms with van der Waals surface area (Å²) in [6.45, 7) is 17.2. The van der Waals surface area contributed by atoms with Crippen molar-refractivity contribution in [1.82, 2.24) is 0 Å². The van der Waals surface area contributed by atoms with Gasteiger partial charge in [-0.25, -0.2) is 4.79 Å². The van der Waals surface area contributed by atoms with Crippen LogP contribution >= 0.6 is 0 Å². The summed E-state index contributed by atoms with van der Waals surface area (Å²) in [5, 5.41) is 10.1. The van der Waals surface area contributed by atoms with Crippen molar-refractivity contribution < 1.29 is 19.4 Å². The van der Waals surface area contributed by atoms with Crippen molar-refractivity contribution in [2.45, 2.75) is 125 Å². The molecule has 0 aromatic heterocycles. The Balaban J connectivity index is 1.15. The zero-order chi connectivity index (χ0) is 31.7. The molecule has 2 spiro atoms. The summed E-state index contributed by atoms with van der Waals surface area (Å²) in [5.41, 5.74) is 4.02. The van der Waals surface area contributed by atoms with Gasteiger partial charge in [0.2, 0.25) is 0 Å². The van der Waals surface area contributed by atoms with Gasteiger partial charge in [-0.3, -0.25) is 0 Å². The highest BCUT2D eigenvalue weighted by Gasteiger charge is 2.82. The highest BCUT2D eigenvalue weighted by molar-refractivity contribution is 5.87. The predicted octanol–water partition coefficient (Wildman–Crippen LogP) is 10.1. The van der Waals surface area contributed by atoms with Gasteiger partial charge in [0, 0.05) is 11.5 Å². The third-order valence-electron chi connectivity index (χ3n) is 14.8. The van der Waals surface area contributed by atoms with Gasteiger partial charge in [-0.15, -0.1) is 0 Å². The predicted molar refractivity (Wildman–Crippen MR) is 178 cm³/mol. The minimum Gasteiger partial charge on any atom is -0.504 e. The van der Waals surface area contributed by atoms with Gasteiger partial charge in [-0.2, -0.15) is 0 Å². The summed E-state index contributed by atoms with van der Waals surface area (Å²) in [4.78, 5) is 13.0. The molecule has 1 N–H and O–H groups in total. The Labute approximate surface area is 267 Å². The second-order valence-electron chi connectivity index (χ2n) is 17.0. The zero-order valence-corrected chi connectivity index (χ0v) is 28.8. The Morgan fingerprint density at radius 2 is 1.70 bits per heavy atom. The second-order valence-corrected chi connectivity index (χ2v) is 17.0. The van der Waals surface area contributed by atoms with Crippen molar-refractivity contribution in [3.05, 3.63) is 41.5 Å². The first-order valence-electron chi connectivity index (χ1n) is 17.6. The van der Waals surface area contributed by atoms with E-state index < -0.39 is 0 Å². The Bertz CT molecular complexity index is 1340. The van der Waals surface area contributed by atoms with Gasteiger partial charge in [-0.05, 0) is 154 Å². The number of hydrogen-bond donors (Lipinski definition) is 1. The first-order chi connectivity index (χ1) is 20.7. The summed E-state index contributed by atoms with van der Waals surface area (Å²) in [6, 6.07) is 5.14. The zero-order valence-electron chi connectivity index (χ0n) is 28.8. The average molecular weight is 603 g/mol. The van der Waals surface area contributed by atoms with Crippen LogP contribution in [-0.2, 0) is 9.53 Å². The average Bonchev–Trinajstić information content (AvgIpc) is 3.55. The van der Waals surface area contributed by atoms with Crippen molar-refractivity contribution in [2.75, 3.05) is 7.11 Å². The Morgan fingerprint density at radius 3 is 2.41 bits per heavy atom. The molecule has 44 heavy (non-hydrogen) atoms. The summed E-state index contributed by atoms with van der Waals surface area (Å²) >= 11 is 0. The van der Waals surface area contributed by atoms with E-state index in [0.717, 1.165) is 29.7 Å². The fourth-order valence-electron chi connectivity index (χ4n) is 12.5. The van der Waals surface area contributed by atoms with Crippen molar-refractivity contribution in [1.29, 1.82) is 0 Å². The number of benzene rings is 1. The number of ether oxygens (including phenoxy) is 2. The van der Waals surface area contributed by atoms with E-state index in [1.807, 2.05) is 6.07 Å². The topological polar surface area (TPSA) is 55.8 Å². The molecule has 0 radical (unpaired) electrons. The van der Waals surface area contributed by atoms with Crippen LogP contribution < -0.4 is 4.74 Å². The van der Waals surface area contributed by atoms with E-state index in [2.05, 4.69) is 54.5 Å². The Hall–Kier alpha value is -2.23. The lowest BCUT2D eigenvalue weighted by atomic mass is 9.41. The normalized spacial score (nSPS) is 40.6. The SMILES string of the molecule is COc1ccc(/C=C/C(=O)O[C@H]2CC[C@]34C[C@]35CC[C@]3(C)[C@@H]([C@H](C)CCC=C(C)C)CC[C@@]3(C)[C@@H]5CC[C@H]4C2(C)C)cc1O. The Kier molecular flexibility index (Phi) is 7.89. The summed E-state index contributed by atoms with van der Waals surface area (Å²) < 4.78 is 11.4. The van der Waals surface area contributed by atoms with Crippen LogP contribution in [0.2, 0.25) is 0 Å². The minimum atomic E-state index is -0.287. The number of esters is 1. The van der Waals surface area contributed by atoms with E-state index in [1.165, 1.54) is 83.0 Å². The van der Waals surface area contributed by atoms with Gasteiger partial charge >= 0.3 is 5.97 Å². The van der Waals surface area contributed by atoms with E-state index in [1.54, 1.807) is 18.2 Å². The lowest BCUT2D eigenvalue weighted by molar-refractivity contribution is -0.179. The quantitative estimate of drug-likeness (QED) is 0.183. The fraction of sp³-hybridized carbons (Fsp3) is 0.725. The first-order valence-corrected chi connectivity index (χ1v) is 17.6. The second kappa shape index (κ2) is 10.9. The van der Waals surface area contributed by atoms with Crippen LogP contribution in [0.4, 0.5) is 0 Å². The molecule has 9 atom stereocenters. The standard InChI is InChI=1S/C40H58O4/c1-26(2)10-9-11-27(3)29-18-20-38(7)33-16-15-32-36(4,5)34(19-21-39(32)25-40(33,39)23-22-37(29,38)6)44-35(42)17-13-28-12-14-31(43-8)30(41)24-28/h10,12-14,17,24,27,29,32-34,41H,9,11,15-16,18-23,25H2,1-8H3/b17-13+/t27-,29-,32+,33+,34+,37-,38+,39-,40+/m1/s1. The van der Waals surface area contributed by atoms with Crippen molar-refractivity contribution in [2.24, 2.45) is 50.7 Å². The summed E-state index contributed by atoms with van der Waals surface area (Å²) in [7, 11) is 1.53.